The lowest BCUT2D eigenvalue weighted by atomic mass is 10.0. The molecule has 94 valence electrons. The summed E-state index contributed by atoms with van der Waals surface area (Å²) in [7, 11) is 1.57. The second-order valence-electron chi connectivity index (χ2n) is 4.18. The number of nitrogens with one attached hydrogen (secondary N) is 1. The number of rotatable bonds is 8. The smallest absolute Gasteiger partial charge is 0.326 e. The summed E-state index contributed by atoms with van der Waals surface area (Å²) in [5.74, 6) is -0.973. The van der Waals surface area contributed by atoms with Gasteiger partial charge in [-0.1, -0.05) is 13.8 Å². The summed E-state index contributed by atoms with van der Waals surface area (Å²) in [5, 5.41) is 11.4. The van der Waals surface area contributed by atoms with Gasteiger partial charge in [-0.2, -0.15) is 0 Å². The third-order valence-electron chi connectivity index (χ3n) is 2.09. The van der Waals surface area contributed by atoms with Crippen LogP contribution in [0.4, 0.5) is 0 Å². The fraction of sp³-hybridized carbons (Fsp3) is 0.818. The largest absolute Gasteiger partial charge is 0.480 e. The monoisotopic (exact) mass is 231 g/mol. The van der Waals surface area contributed by atoms with Crippen LogP contribution in [0.2, 0.25) is 0 Å². The van der Waals surface area contributed by atoms with Crippen LogP contribution in [0.1, 0.15) is 33.1 Å². The maximum absolute atomic E-state index is 11.4. The third kappa shape index (κ3) is 7.23. The van der Waals surface area contributed by atoms with Crippen molar-refractivity contribution >= 4 is 11.9 Å². The van der Waals surface area contributed by atoms with Crippen LogP contribution in [-0.2, 0) is 14.3 Å². The molecule has 0 bridgehead atoms. The Morgan fingerprint density at radius 2 is 2.00 bits per heavy atom. The highest BCUT2D eigenvalue weighted by Crippen LogP contribution is 2.05. The van der Waals surface area contributed by atoms with Gasteiger partial charge in [-0.3, -0.25) is 4.79 Å². The molecule has 0 aromatic carbocycles. The first kappa shape index (κ1) is 14.9. The van der Waals surface area contributed by atoms with Gasteiger partial charge >= 0.3 is 5.97 Å². The topological polar surface area (TPSA) is 75.6 Å². The van der Waals surface area contributed by atoms with E-state index in [0.717, 1.165) is 0 Å². The van der Waals surface area contributed by atoms with Gasteiger partial charge in [0.25, 0.3) is 0 Å². The molecule has 0 aliphatic rings. The van der Waals surface area contributed by atoms with Gasteiger partial charge in [0.1, 0.15) is 6.04 Å². The summed E-state index contributed by atoms with van der Waals surface area (Å²) in [4.78, 5) is 22.2. The van der Waals surface area contributed by atoms with E-state index in [0.29, 0.717) is 25.9 Å². The second-order valence-corrected chi connectivity index (χ2v) is 4.18. The number of aliphatic carboxylic acids is 1. The molecule has 0 fully saturated rings. The molecular weight excluding hydrogens is 210 g/mol. The molecule has 1 amide bonds. The van der Waals surface area contributed by atoms with Crippen molar-refractivity contribution < 1.29 is 19.4 Å². The van der Waals surface area contributed by atoms with Crippen molar-refractivity contribution in [3.63, 3.8) is 0 Å². The number of carboxylic acids is 1. The third-order valence-corrected chi connectivity index (χ3v) is 2.09. The van der Waals surface area contributed by atoms with Crippen LogP contribution in [0.15, 0.2) is 0 Å². The van der Waals surface area contributed by atoms with Crippen LogP contribution in [0.5, 0.6) is 0 Å². The van der Waals surface area contributed by atoms with Crippen LogP contribution < -0.4 is 5.32 Å². The fourth-order valence-corrected chi connectivity index (χ4v) is 1.34. The van der Waals surface area contributed by atoms with E-state index >= 15 is 0 Å². The molecule has 5 nitrogen and oxygen atoms in total. The van der Waals surface area contributed by atoms with Gasteiger partial charge in [-0.15, -0.1) is 0 Å². The average molecular weight is 231 g/mol. The summed E-state index contributed by atoms with van der Waals surface area (Å²) in [5.41, 5.74) is 0. The predicted octanol–water partition coefficient (Wildman–Crippen LogP) is 1.03. The molecule has 0 rings (SSSR count). The second kappa shape index (κ2) is 8.10. The molecule has 5 heteroatoms. The molecule has 0 aromatic heterocycles. The molecule has 0 aliphatic carbocycles. The highest BCUT2D eigenvalue weighted by atomic mass is 16.5. The highest BCUT2D eigenvalue weighted by molar-refractivity contribution is 5.83. The molecule has 16 heavy (non-hydrogen) atoms. The first-order valence-electron chi connectivity index (χ1n) is 5.48. The number of carboxylic acid groups (broad SMARTS) is 1. The summed E-state index contributed by atoms with van der Waals surface area (Å²) in [6, 6.07) is -0.782. The number of carbonyl (C=O) groups excluding carboxylic acids is 1. The standard InChI is InChI=1S/C11H21NO4/c1-8(2)7-9(11(14)15)12-10(13)5-4-6-16-3/h8-9H,4-7H2,1-3H3,(H,12,13)(H,14,15)/t9-/m0/s1. The SMILES string of the molecule is COCCCC(=O)N[C@@H](CC(C)C)C(=O)O. The Kier molecular flexibility index (Phi) is 7.54. The van der Waals surface area contributed by atoms with Crippen LogP contribution in [-0.4, -0.2) is 36.7 Å². The van der Waals surface area contributed by atoms with Crippen LogP contribution in [0.3, 0.4) is 0 Å². The van der Waals surface area contributed by atoms with Crippen LogP contribution in [0, 0.1) is 5.92 Å². The minimum absolute atomic E-state index is 0.231. The lowest BCUT2D eigenvalue weighted by Crippen LogP contribution is -2.41. The Balaban J connectivity index is 3.98. The van der Waals surface area contributed by atoms with E-state index in [1.807, 2.05) is 13.8 Å². The minimum Gasteiger partial charge on any atom is -0.480 e. The van der Waals surface area contributed by atoms with Crippen molar-refractivity contribution in [3.8, 4) is 0 Å². The Morgan fingerprint density at radius 1 is 1.38 bits per heavy atom. The van der Waals surface area contributed by atoms with E-state index in [1.165, 1.54) is 0 Å². The van der Waals surface area contributed by atoms with E-state index in [4.69, 9.17) is 9.84 Å². The van der Waals surface area contributed by atoms with Gasteiger partial charge in [0.15, 0.2) is 0 Å². The lowest BCUT2D eigenvalue weighted by Gasteiger charge is -2.16. The van der Waals surface area contributed by atoms with E-state index in [1.54, 1.807) is 7.11 Å². The molecule has 0 saturated carbocycles. The molecule has 1 atom stereocenters. The minimum atomic E-state index is -0.978. The summed E-state index contributed by atoms with van der Waals surface area (Å²) in [6.07, 6.45) is 1.36. The molecule has 0 saturated heterocycles. The maximum atomic E-state index is 11.4. The van der Waals surface area contributed by atoms with E-state index in [2.05, 4.69) is 5.32 Å². The van der Waals surface area contributed by atoms with Gasteiger partial charge in [0.05, 0.1) is 0 Å². The predicted molar refractivity (Wildman–Crippen MR) is 60.1 cm³/mol. The summed E-state index contributed by atoms with van der Waals surface area (Å²) in [6.45, 7) is 4.36. The van der Waals surface area contributed by atoms with Crippen molar-refractivity contribution in [3.05, 3.63) is 0 Å². The van der Waals surface area contributed by atoms with Gasteiger partial charge < -0.3 is 15.2 Å². The quantitative estimate of drug-likeness (QED) is 0.612. The van der Waals surface area contributed by atoms with Crippen molar-refractivity contribution in [2.75, 3.05) is 13.7 Å². The molecule has 0 aromatic rings. The van der Waals surface area contributed by atoms with E-state index < -0.39 is 12.0 Å². The van der Waals surface area contributed by atoms with Gasteiger partial charge in [-0.25, -0.2) is 4.79 Å². The molecule has 0 spiro atoms. The zero-order valence-corrected chi connectivity index (χ0v) is 10.2. The van der Waals surface area contributed by atoms with E-state index in [-0.39, 0.29) is 11.8 Å². The Labute approximate surface area is 96.2 Å². The van der Waals surface area contributed by atoms with Crippen molar-refractivity contribution in [2.24, 2.45) is 5.92 Å². The van der Waals surface area contributed by atoms with Crippen LogP contribution >= 0.6 is 0 Å². The van der Waals surface area contributed by atoms with Gasteiger partial charge in [0, 0.05) is 20.1 Å². The molecular formula is C11H21NO4. The Hall–Kier alpha value is -1.10. The van der Waals surface area contributed by atoms with Crippen molar-refractivity contribution in [1.82, 2.24) is 5.32 Å². The van der Waals surface area contributed by atoms with E-state index in [9.17, 15) is 9.59 Å². The number of amides is 1. The number of ether oxygens (including phenoxy) is 1. The molecule has 0 radical (unpaired) electrons. The number of methoxy groups -OCH3 is 1. The number of hydrogen-bond acceptors (Lipinski definition) is 3. The lowest BCUT2D eigenvalue weighted by molar-refractivity contribution is -0.142. The Bertz CT molecular complexity index is 228. The molecule has 0 aliphatic heterocycles. The molecule has 0 unspecified atom stereocenters. The van der Waals surface area contributed by atoms with Crippen molar-refractivity contribution in [2.45, 2.75) is 39.2 Å². The zero-order chi connectivity index (χ0) is 12.6. The van der Waals surface area contributed by atoms with Crippen LogP contribution in [0.25, 0.3) is 0 Å². The summed E-state index contributed by atoms with van der Waals surface area (Å²) >= 11 is 0. The fourth-order valence-electron chi connectivity index (χ4n) is 1.34. The average Bonchev–Trinajstić information content (AvgIpc) is 2.16. The first-order valence-corrected chi connectivity index (χ1v) is 5.48. The zero-order valence-electron chi connectivity index (χ0n) is 10.2. The Morgan fingerprint density at radius 3 is 2.44 bits per heavy atom. The molecule has 2 N–H and O–H groups in total. The number of hydrogen-bond donors (Lipinski definition) is 2. The normalized spacial score (nSPS) is 12.5. The van der Waals surface area contributed by atoms with Gasteiger partial charge in [-0.05, 0) is 18.8 Å². The highest BCUT2D eigenvalue weighted by Gasteiger charge is 2.20. The molecule has 0 heterocycles. The maximum Gasteiger partial charge on any atom is 0.326 e. The summed E-state index contributed by atoms with van der Waals surface area (Å²) < 4.78 is 4.81. The van der Waals surface area contributed by atoms with Crippen molar-refractivity contribution in [1.29, 1.82) is 0 Å². The van der Waals surface area contributed by atoms with Gasteiger partial charge in [0.2, 0.25) is 5.91 Å². The first-order chi connectivity index (χ1) is 7.47. The number of carbonyl (C=O) groups is 2.